The molecule has 2 aromatic carbocycles. The van der Waals surface area contributed by atoms with Gasteiger partial charge in [-0.2, -0.15) is 0 Å². The summed E-state index contributed by atoms with van der Waals surface area (Å²) in [6.45, 7) is 1.15. The molecule has 0 saturated heterocycles. The Balaban J connectivity index is 1.70. The highest BCUT2D eigenvalue weighted by Crippen LogP contribution is 2.05. The van der Waals surface area contributed by atoms with Crippen molar-refractivity contribution in [2.75, 3.05) is 19.7 Å². The van der Waals surface area contributed by atoms with E-state index in [4.69, 9.17) is 22.7 Å². The van der Waals surface area contributed by atoms with E-state index in [-0.39, 0.29) is 30.3 Å². The van der Waals surface area contributed by atoms with Crippen LogP contribution in [0.1, 0.15) is 36.8 Å². The summed E-state index contributed by atoms with van der Waals surface area (Å²) in [5.74, 6) is -1.23. The molecule has 0 radical (unpaired) electrons. The molecule has 0 spiro atoms. The molecule has 2 aromatic rings. The van der Waals surface area contributed by atoms with Gasteiger partial charge in [-0.25, -0.2) is 0 Å². The van der Waals surface area contributed by atoms with Crippen LogP contribution in [0, 0.1) is 0 Å². The molecule has 0 saturated carbocycles. The number of hydrogen-bond acceptors (Lipinski definition) is 5. The molecule has 33 heavy (non-hydrogen) atoms. The second-order valence-electron chi connectivity index (χ2n) is 7.60. The minimum atomic E-state index is -0.441. The van der Waals surface area contributed by atoms with Gasteiger partial charge in [-0.1, -0.05) is 60.7 Å². The normalized spacial score (nSPS) is 10.3. The molecular weight excluding hydrogens is 438 g/mol. The van der Waals surface area contributed by atoms with Crippen molar-refractivity contribution in [3.05, 3.63) is 71.8 Å². The molecular formula is C25H31N3O4S. The van der Waals surface area contributed by atoms with Crippen LogP contribution in [0.4, 0.5) is 0 Å². The number of rotatable bonds is 13. The zero-order valence-electron chi connectivity index (χ0n) is 18.7. The number of nitrogens with zero attached hydrogens (tertiary/aromatic N) is 1. The van der Waals surface area contributed by atoms with Gasteiger partial charge in [0.15, 0.2) is 5.11 Å². The van der Waals surface area contributed by atoms with E-state index in [1.165, 1.54) is 5.56 Å². The number of esters is 1. The van der Waals surface area contributed by atoms with Gasteiger partial charge in [0.1, 0.15) is 0 Å². The fraction of sp³-hybridized carbons (Fsp3) is 0.360. The molecule has 0 bridgehead atoms. The zero-order chi connectivity index (χ0) is 23.9. The second kappa shape index (κ2) is 14.7. The van der Waals surface area contributed by atoms with Crippen molar-refractivity contribution in [1.29, 1.82) is 0 Å². The Morgan fingerprint density at radius 1 is 0.848 bits per heavy atom. The number of carbonyl (C=O) groups excluding carboxylic acids is 3. The number of primary amides is 1. The molecule has 0 atom stereocenters. The molecule has 2 rings (SSSR count). The van der Waals surface area contributed by atoms with Gasteiger partial charge in [-0.3, -0.25) is 14.4 Å². The fourth-order valence-electron chi connectivity index (χ4n) is 3.12. The first-order valence-corrected chi connectivity index (χ1v) is 11.5. The molecule has 176 valence electrons. The number of hydrogen-bond donors (Lipinski definition) is 2. The first kappa shape index (κ1) is 26.0. The van der Waals surface area contributed by atoms with Crippen molar-refractivity contribution < 1.29 is 19.1 Å². The van der Waals surface area contributed by atoms with Gasteiger partial charge >= 0.3 is 5.97 Å². The van der Waals surface area contributed by atoms with Crippen LogP contribution in [0.2, 0.25) is 0 Å². The molecule has 0 heterocycles. The van der Waals surface area contributed by atoms with Crippen LogP contribution in [-0.2, 0) is 32.0 Å². The SMILES string of the molecule is NC(=O)CCN(CCc1ccccc1)C(=S)NC(=O)CCC(=O)OCCCc1ccccc1. The van der Waals surface area contributed by atoms with E-state index < -0.39 is 11.9 Å². The molecule has 0 aliphatic carbocycles. The van der Waals surface area contributed by atoms with E-state index in [1.807, 2.05) is 60.7 Å². The molecule has 0 unspecified atom stereocenters. The lowest BCUT2D eigenvalue weighted by atomic mass is 10.1. The Labute approximate surface area is 200 Å². The Bertz CT molecular complexity index is 906. The molecule has 8 heteroatoms. The predicted molar refractivity (Wildman–Crippen MR) is 131 cm³/mol. The van der Waals surface area contributed by atoms with Crippen molar-refractivity contribution in [3.8, 4) is 0 Å². The van der Waals surface area contributed by atoms with E-state index in [9.17, 15) is 14.4 Å². The number of nitrogens with two attached hydrogens (primary N) is 1. The van der Waals surface area contributed by atoms with Gasteiger partial charge in [-0.05, 0) is 42.6 Å². The van der Waals surface area contributed by atoms with Crippen LogP contribution >= 0.6 is 12.2 Å². The third kappa shape index (κ3) is 11.2. The number of nitrogens with one attached hydrogen (secondary N) is 1. The summed E-state index contributed by atoms with van der Waals surface area (Å²) >= 11 is 5.36. The van der Waals surface area contributed by atoms with Gasteiger partial charge in [-0.15, -0.1) is 0 Å². The highest BCUT2D eigenvalue weighted by atomic mass is 32.1. The topological polar surface area (TPSA) is 102 Å². The summed E-state index contributed by atoms with van der Waals surface area (Å²) < 4.78 is 5.21. The lowest BCUT2D eigenvalue weighted by molar-refractivity contribution is -0.145. The average Bonchev–Trinajstić information content (AvgIpc) is 2.81. The highest BCUT2D eigenvalue weighted by molar-refractivity contribution is 7.80. The summed E-state index contributed by atoms with van der Waals surface area (Å²) in [7, 11) is 0. The van der Waals surface area contributed by atoms with Gasteiger partial charge in [0.25, 0.3) is 0 Å². The third-order valence-electron chi connectivity index (χ3n) is 4.95. The van der Waals surface area contributed by atoms with Gasteiger partial charge < -0.3 is 20.7 Å². The first-order chi connectivity index (χ1) is 15.9. The second-order valence-corrected chi connectivity index (χ2v) is 7.99. The smallest absolute Gasteiger partial charge is 0.306 e. The monoisotopic (exact) mass is 469 g/mol. The van der Waals surface area contributed by atoms with Crippen molar-refractivity contribution in [2.24, 2.45) is 5.73 Å². The summed E-state index contributed by atoms with van der Waals surface area (Å²) in [4.78, 5) is 37.1. The number of aryl methyl sites for hydroxylation is 1. The van der Waals surface area contributed by atoms with Crippen molar-refractivity contribution in [1.82, 2.24) is 10.2 Å². The molecule has 2 amide bonds. The van der Waals surface area contributed by atoms with Crippen LogP contribution in [-0.4, -0.2) is 47.5 Å². The average molecular weight is 470 g/mol. The van der Waals surface area contributed by atoms with E-state index in [2.05, 4.69) is 5.32 Å². The van der Waals surface area contributed by atoms with E-state index in [1.54, 1.807) is 4.90 Å². The Morgan fingerprint density at radius 2 is 1.45 bits per heavy atom. The number of benzene rings is 2. The van der Waals surface area contributed by atoms with Crippen LogP contribution in [0.5, 0.6) is 0 Å². The van der Waals surface area contributed by atoms with Crippen molar-refractivity contribution >= 4 is 35.1 Å². The maximum atomic E-state index is 12.3. The molecule has 0 fully saturated rings. The largest absolute Gasteiger partial charge is 0.466 e. The van der Waals surface area contributed by atoms with E-state index >= 15 is 0 Å². The molecule has 0 aliphatic rings. The van der Waals surface area contributed by atoms with E-state index in [0.29, 0.717) is 26.1 Å². The molecule has 7 nitrogen and oxygen atoms in total. The van der Waals surface area contributed by atoms with Crippen molar-refractivity contribution in [3.63, 3.8) is 0 Å². The number of amides is 2. The summed E-state index contributed by atoms with van der Waals surface area (Å²) in [6.07, 6.45) is 2.32. The maximum absolute atomic E-state index is 12.3. The minimum absolute atomic E-state index is 0.0227. The first-order valence-electron chi connectivity index (χ1n) is 11.0. The summed E-state index contributed by atoms with van der Waals surface area (Å²) in [5.41, 5.74) is 7.57. The van der Waals surface area contributed by atoms with Crippen molar-refractivity contribution in [2.45, 2.75) is 38.5 Å². The number of thiocarbonyl (C=S) groups is 1. The Kier molecular flexibility index (Phi) is 11.6. The van der Waals surface area contributed by atoms with Crippen LogP contribution < -0.4 is 11.1 Å². The van der Waals surface area contributed by atoms with Crippen LogP contribution in [0.25, 0.3) is 0 Å². The molecule has 3 N–H and O–H groups in total. The number of ether oxygens (including phenoxy) is 1. The summed E-state index contributed by atoms with van der Waals surface area (Å²) in [5, 5.41) is 2.86. The number of carbonyl (C=O) groups is 3. The zero-order valence-corrected chi connectivity index (χ0v) is 19.5. The van der Waals surface area contributed by atoms with Crippen LogP contribution in [0.3, 0.4) is 0 Å². The van der Waals surface area contributed by atoms with Gasteiger partial charge in [0, 0.05) is 25.9 Å². The summed E-state index contributed by atoms with van der Waals surface area (Å²) in [6, 6.07) is 19.8. The lowest BCUT2D eigenvalue weighted by Crippen LogP contribution is -2.44. The van der Waals surface area contributed by atoms with Gasteiger partial charge in [0.05, 0.1) is 13.0 Å². The Hall–Kier alpha value is -3.26. The predicted octanol–water partition coefficient (Wildman–Crippen LogP) is 2.76. The lowest BCUT2D eigenvalue weighted by Gasteiger charge is -2.25. The highest BCUT2D eigenvalue weighted by Gasteiger charge is 2.15. The third-order valence-corrected chi connectivity index (χ3v) is 5.31. The fourth-order valence-corrected chi connectivity index (χ4v) is 3.42. The van der Waals surface area contributed by atoms with Crippen LogP contribution in [0.15, 0.2) is 60.7 Å². The minimum Gasteiger partial charge on any atom is -0.466 e. The maximum Gasteiger partial charge on any atom is 0.306 e. The molecule has 0 aliphatic heterocycles. The molecule has 0 aromatic heterocycles. The van der Waals surface area contributed by atoms with E-state index in [0.717, 1.165) is 18.4 Å². The standard InChI is InChI=1S/C25H31N3O4S/c26-22(29)16-18-28(17-15-21-10-5-2-6-11-21)25(33)27-23(30)13-14-24(31)32-19-7-12-20-8-3-1-4-9-20/h1-6,8-11H,7,12-19H2,(H2,26,29)(H,27,30,33). The Morgan fingerprint density at radius 3 is 2.06 bits per heavy atom. The quantitative estimate of drug-likeness (QED) is 0.266. The van der Waals surface area contributed by atoms with Gasteiger partial charge in [0.2, 0.25) is 11.8 Å².